The Hall–Kier alpha value is -3.00. The lowest BCUT2D eigenvalue weighted by atomic mass is 9.96. The maximum atomic E-state index is 12.3. The lowest BCUT2D eigenvalue weighted by Gasteiger charge is -2.35. The fourth-order valence-electron chi connectivity index (χ4n) is 3.92. The first-order valence-corrected chi connectivity index (χ1v) is 10.3. The topological polar surface area (TPSA) is 98.9 Å². The number of rotatable bonds is 6. The number of likely N-dealkylation sites (tertiary alicyclic amines) is 1. The van der Waals surface area contributed by atoms with Crippen LogP contribution in [0, 0.1) is 5.92 Å². The van der Waals surface area contributed by atoms with Gasteiger partial charge in [-0.15, -0.1) is 0 Å². The Kier molecular flexibility index (Phi) is 6.23. The van der Waals surface area contributed by atoms with Gasteiger partial charge in [0.2, 0.25) is 0 Å². The van der Waals surface area contributed by atoms with Crippen molar-refractivity contribution < 1.29 is 19.0 Å². The average Bonchev–Trinajstić information content (AvgIpc) is 2.78. The molecule has 0 bridgehead atoms. The van der Waals surface area contributed by atoms with Gasteiger partial charge in [-0.1, -0.05) is 0 Å². The second-order valence-corrected chi connectivity index (χ2v) is 7.75. The molecule has 3 heterocycles. The Bertz CT molecular complexity index is 883. The summed E-state index contributed by atoms with van der Waals surface area (Å²) in [6.07, 6.45) is 3.63. The second-order valence-electron chi connectivity index (χ2n) is 7.75. The van der Waals surface area contributed by atoms with Crippen molar-refractivity contribution in [3.63, 3.8) is 0 Å². The molecule has 0 spiro atoms. The number of nitrogen functional groups attached to an aromatic ring is 1. The largest absolute Gasteiger partial charge is 0.497 e. The van der Waals surface area contributed by atoms with E-state index in [1.807, 2.05) is 18.2 Å². The highest BCUT2D eigenvalue weighted by Gasteiger charge is 2.27. The number of carbonyl (C=O) groups is 1. The lowest BCUT2D eigenvalue weighted by Crippen LogP contribution is -2.45. The van der Waals surface area contributed by atoms with Gasteiger partial charge in [-0.25, -0.2) is 4.98 Å². The summed E-state index contributed by atoms with van der Waals surface area (Å²) >= 11 is 0. The number of hydrogen-bond donors (Lipinski definition) is 2. The highest BCUT2D eigenvalue weighted by Crippen LogP contribution is 2.35. The van der Waals surface area contributed by atoms with Gasteiger partial charge in [0.05, 0.1) is 12.7 Å². The van der Waals surface area contributed by atoms with E-state index in [9.17, 15) is 4.79 Å². The number of hydrogen-bond acceptors (Lipinski definition) is 7. The summed E-state index contributed by atoms with van der Waals surface area (Å²) in [4.78, 5) is 18.7. The van der Waals surface area contributed by atoms with E-state index >= 15 is 0 Å². The minimum Gasteiger partial charge on any atom is -0.497 e. The van der Waals surface area contributed by atoms with Gasteiger partial charge < -0.3 is 25.3 Å². The minimum absolute atomic E-state index is 0.00517. The highest BCUT2D eigenvalue weighted by molar-refractivity contribution is 5.98. The zero-order valence-electron chi connectivity index (χ0n) is 17.2. The number of carbonyl (C=O) groups excluding carboxylic acids is 1. The van der Waals surface area contributed by atoms with Crippen LogP contribution in [-0.4, -0.2) is 61.8 Å². The summed E-state index contributed by atoms with van der Waals surface area (Å²) in [6.45, 7) is 3.96. The molecule has 4 rings (SSSR count). The van der Waals surface area contributed by atoms with Crippen LogP contribution in [0.2, 0.25) is 0 Å². The van der Waals surface area contributed by atoms with Crippen molar-refractivity contribution in [2.45, 2.75) is 18.9 Å². The number of aromatic nitrogens is 1. The van der Waals surface area contributed by atoms with Gasteiger partial charge in [0.15, 0.2) is 11.5 Å². The van der Waals surface area contributed by atoms with Crippen molar-refractivity contribution in [1.29, 1.82) is 0 Å². The zero-order valence-corrected chi connectivity index (χ0v) is 17.2. The van der Waals surface area contributed by atoms with Crippen LogP contribution < -0.4 is 25.3 Å². The van der Waals surface area contributed by atoms with Crippen LogP contribution in [0.15, 0.2) is 36.5 Å². The molecule has 1 amide bonds. The van der Waals surface area contributed by atoms with E-state index in [0.717, 1.165) is 49.7 Å². The van der Waals surface area contributed by atoms with E-state index in [1.165, 1.54) is 0 Å². The molecule has 2 aliphatic rings. The number of benzene rings is 1. The van der Waals surface area contributed by atoms with Crippen LogP contribution in [-0.2, 0) is 0 Å². The fraction of sp³-hybridized carbons (Fsp3) is 0.455. The monoisotopic (exact) mass is 412 g/mol. The molecular formula is C22H28N4O4. The molecular weight excluding hydrogens is 384 g/mol. The van der Waals surface area contributed by atoms with Crippen LogP contribution >= 0.6 is 0 Å². The number of nitrogens with zero attached hydrogens (tertiary/aromatic N) is 2. The first-order valence-electron chi connectivity index (χ1n) is 10.3. The molecule has 0 radical (unpaired) electrons. The molecule has 0 aliphatic carbocycles. The predicted octanol–water partition coefficient (Wildman–Crippen LogP) is 1.95. The Labute approximate surface area is 176 Å². The number of anilines is 1. The molecule has 2 aromatic rings. The van der Waals surface area contributed by atoms with Gasteiger partial charge in [0, 0.05) is 25.4 Å². The third-order valence-corrected chi connectivity index (χ3v) is 5.67. The van der Waals surface area contributed by atoms with Gasteiger partial charge in [0.1, 0.15) is 24.3 Å². The normalized spacial score (nSPS) is 19.3. The Morgan fingerprint density at radius 1 is 1.30 bits per heavy atom. The number of methoxy groups -OCH3 is 1. The van der Waals surface area contributed by atoms with Gasteiger partial charge in [0.25, 0.3) is 5.91 Å². The van der Waals surface area contributed by atoms with Gasteiger partial charge in [-0.3, -0.25) is 9.69 Å². The Morgan fingerprint density at radius 2 is 2.13 bits per heavy atom. The Balaban J connectivity index is 1.21. The van der Waals surface area contributed by atoms with Crippen LogP contribution in [0.1, 0.15) is 23.2 Å². The summed E-state index contributed by atoms with van der Waals surface area (Å²) in [5.41, 5.74) is 6.21. The summed E-state index contributed by atoms with van der Waals surface area (Å²) in [6, 6.07) is 9.03. The fourth-order valence-corrected chi connectivity index (χ4v) is 3.92. The molecule has 3 N–H and O–H groups in total. The van der Waals surface area contributed by atoms with Crippen LogP contribution in [0.5, 0.6) is 17.2 Å². The van der Waals surface area contributed by atoms with Crippen LogP contribution in [0.4, 0.5) is 5.82 Å². The van der Waals surface area contributed by atoms with E-state index in [1.54, 1.807) is 25.4 Å². The van der Waals surface area contributed by atoms with E-state index in [0.29, 0.717) is 24.6 Å². The molecule has 30 heavy (non-hydrogen) atoms. The smallest absolute Gasteiger partial charge is 0.255 e. The van der Waals surface area contributed by atoms with Crippen molar-refractivity contribution in [1.82, 2.24) is 15.2 Å². The van der Waals surface area contributed by atoms with E-state index < -0.39 is 0 Å². The summed E-state index contributed by atoms with van der Waals surface area (Å²) in [5, 5.41) is 2.99. The van der Waals surface area contributed by atoms with E-state index in [-0.39, 0.29) is 17.8 Å². The molecule has 1 fully saturated rings. The number of nitrogens with one attached hydrogen (secondary N) is 1. The number of ether oxygens (including phenoxy) is 3. The Morgan fingerprint density at radius 3 is 2.90 bits per heavy atom. The number of piperidine rings is 1. The summed E-state index contributed by atoms with van der Waals surface area (Å²) in [5.74, 6) is 2.81. The van der Waals surface area contributed by atoms with Crippen molar-refractivity contribution in [2.75, 3.05) is 45.6 Å². The number of pyridine rings is 1. The first kappa shape index (κ1) is 20.3. The second kappa shape index (κ2) is 9.21. The average molecular weight is 412 g/mol. The summed E-state index contributed by atoms with van der Waals surface area (Å²) < 4.78 is 17.2. The molecule has 1 aromatic heterocycles. The van der Waals surface area contributed by atoms with Crippen molar-refractivity contribution in [3.8, 4) is 17.2 Å². The molecule has 160 valence electrons. The zero-order chi connectivity index (χ0) is 20.9. The van der Waals surface area contributed by atoms with Crippen molar-refractivity contribution in [3.05, 3.63) is 42.1 Å². The standard InChI is InChI=1S/C22H28N4O4/c1-28-16-4-5-19-20(11-16)30-17(14-29-19)13-26-9-6-15(7-10-26)12-25-22(27)18-3-2-8-24-21(18)23/h2-5,8,11,15,17H,6-7,9-10,12-14H2,1H3,(H2,23,24)(H,25,27)/t17-/m0/s1. The number of fused-ring (bicyclic) bond motifs is 1. The van der Waals surface area contributed by atoms with Gasteiger partial charge in [-0.2, -0.15) is 0 Å². The molecule has 2 aliphatic heterocycles. The molecule has 1 aromatic carbocycles. The quantitative estimate of drug-likeness (QED) is 0.748. The van der Waals surface area contributed by atoms with Gasteiger partial charge in [-0.05, 0) is 56.1 Å². The lowest BCUT2D eigenvalue weighted by molar-refractivity contribution is 0.0474. The maximum absolute atomic E-state index is 12.3. The molecule has 8 nitrogen and oxygen atoms in total. The highest BCUT2D eigenvalue weighted by atomic mass is 16.6. The van der Waals surface area contributed by atoms with E-state index in [4.69, 9.17) is 19.9 Å². The van der Waals surface area contributed by atoms with Crippen LogP contribution in [0.25, 0.3) is 0 Å². The van der Waals surface area contributed by atoms with Crippen LogP contribution in [0.3, 0.4) is 0 Å². The third-order valence-electron chi connectivity index (χ3n) is 5.67. The van der Waals surface area contributed by atoms with Crippen molar-refractivity contribution >= 4 is 11.7 Å². The molecule has 8 heteroatoms. The van der Waals surface area contributed by atoms with Crippen molar-refractivity contribution in [2.24, 2.45) is 5.92 Å². The minimum atomic E-state index is -0.162. The molecule has 0 unspecified atom stereocenters. The number of nitrogens with two attached hydrogens (primary N) is 1. The molecule has 1 saturated heterocycles. The third kappa shape index (κ3) is 4.76. The molecule has 1 atom stereocenters. The van der Waals surface area contributed by atoms with Gasteiger partial charge >= 0.3 is 0 Å². The number of amides is 1. The first-order chi connectivity index (χ1) is 14.6. The maximum Gasteiger partial charge on any atom is 0.255 e. The van der Waals surface area contributed by atoms with E-state index in [2.05, 4.69) is 15.2 Å². The SMILES string of the molecule is COc1ccc2c(c1)O[C@@H](CN1CCC(CNC(=O)c3cccnc3N)CC1)CO2. The molecule has 0 saturated carbocycles. The summed E-state index contributed by atoms with van der Waals surface area (Å²) in [7, 11) is 1.64. The predicted molar refractivity (Wildman–Crippen MR) is 113 cm³/mol.